The highest BCUT2D eigenvalue weighted by Gasteiger charge is 2.12. The molecule has 2 aromatic carbocycles. The normalized spacial score (nSPS) is 10.6. The maximum atomic E-state index is 5.40. The zero-order chi connectivity index (χ0) is 11.7. The summed E-state index contributed by atoms with van der Waals surface area (Å²) in [6.07, 6.45) is 0. The van der Waals surface area contributed by atoms with Crippen LogP contribution in [0.1, 0.15) is 0 Å². The van der Waals surface area contributed by atoms with Crippen LogP contribution in [0.4, 0.5) is 0 Å². The molecule has 0 radical (unpaired) electrons. The van der Waals surface area contributed by atoms with Crippen molar-refractivity contribution in [3.05, 3.63) is 42.5 Å². The van der Waals surface area contributed by atoms with Crippen molar-refractivity contribution in [2.45, 2.75) is 0 Å². The smallest absolute Gasteiger partial charge is 0.129 e. The number of rotatable bonds is 2. The van der Waals surface area contributed by atoms with Gasteiger partial charge in [0.15, 0.2) is 0 Å². The van der Waals surface area contributed by atoms with E-state index in [-0.39, 0.29) is 0 Å². The molecule has 0 unspecified atom stereocenters. The van der Waals surface area contributed by atoms with Crippen molar-refractivity contribution in [2.24, 2.45) is 0 Å². The maximum absolute atomic E-state index is 5.40. The summed E-state index contributed by atoms with van der Waals surface area (Å²) in [6, 6.07) is 13.8. The Labute approximate surface area is 98.2 Å². The van der Waals surface area contributed by atoms with Crippen LogP contribution in [0.2, 0.25) is 0 Å². The van der Waals surface area contributed by atoms with Crippen molar-refractivity contribution in [3.63, 3.8) is 0 Å². The molecule has 0 fully saturated rings. The van der Waals surface area contributed by atoms with E-state index in [1.165, 1.54) is 0 Å². The Morgan fingerprint density at radius 2 is 1.82 bits per heavy atom. The molecule has 0 saturated carbocycles. The first-order chi connectivity index (χ1) is 8.40. The summed E-state index contributed by atoms with van der Waals surface area (Å²) in [5.74, 6) is 0.803. The summed E-state index contributed by atoms with van der Waals surface area (Å²) < 4.78 is 5.40. The lowest BCUT2D eigenvalue weighted by atomic mass is 10.0. The number of hydrogen-bond acceptors (Lipinski definition) is 3. The highest BCUT2D eigenvalue weighted by atomic mass is 16.5. The second-order valence-electron chi connectivity index (χ2n) is 3.70. The largest absolute Gasteiger partial charge is 0.496 e. The summed E-state index contributed by atoms with van der Waals surface area (Å²) in [7, 11) is 1.66. The third-order valence-corrected chi connectivity index (χ3v) is 2.73. The molecule has 0 saturated heterocycles. The Kier molecular flexibility index (Phi) is 2.26. The van der Waals surface area contributed by atoms with Gasteiger partial charge in [-0.2, -0.15) is 15.4 Å². The molecule has 0 bridgehead atoms. The molecule has 1 aromatic heterocycles. The van der Waals surface area contributed by atoms with E-state index in [2.05, 4.69) is 15.4 Å². The molecule has 4 nitrogen and oxygen atoms in total. The first kappa shape index (κ1) is 9.84. The molecule has 3 aromatic rings. The first-order valence-electron chi connectivity index (χ1n) is 5.33. The molecule has 0 amide bonds. The molecule has 4 heteroatoms. The Bertz CT molecular complexity index is 646. The number of methoxy groups -OCH3 is 1. The van der Waals surface area contributed by atoms with Crippen LogP contribution < -0.4 is 4.74 Å². The third-order valence-electron chi connectivity index (χ3n) is 2.73. The number of benzene rings is 2. The molecule has 0 aliphatic carbocycles. The summed E-state index contributed by atoms with van der Waals surface area (Å²) in [6.45, 7) is 0. The highest BCUT2D eigenvalue weighted by molar-refractivity contribution is 5.94. The van der Waals surface area contributed by atoms with Gasteiger partial charge in [0.2, 0.25) is 0 Å². The van der Waals surface area contributed by atoms with E-state index in [1.807, 2.05) is 42.5 Å². The number of aromatic amines is 1. The van der Waals surface area contributed by atoms with Gasteiger partial charge < -0.3 is 4.74 Å². The number of fused-ring (bicyclic) bond motifs is 1. The van der Waals surface area contributed by atoms with Gasteiger partial charge in [-0.25, -0.2) is 0 Å². The summed E-state index contributed by atoms with van der Waals surface area (Å²) in [5.41, 5.74) is 3.71. The van der Waals surface area contributed by atoms with E-state index in [0.717, 1.165) is 27.9 Å². The Hall–Kier alpha value is -2.36. The second kappa shape index (κ2) is 3.90. The lowest BCUT2D eigenvalue weighted by Gasteiger charge is -2.08. The molecular weight excluding hydrogens is 214 g/mol. The zero-order valence-electron chi connectivity index (χ0n) is 9.34. The minimum Gasteiger partial charge on any atom is -0.496 e. The van der Waals surface area contributed by atoms with E-state index < -0.39 is 0 Å². The van der Waals surface area contributed by atoms with Crippen LogP contribution in [0, 0.1) is 0 Å². The summed E-state index contributed by atoms with van der Waals surface area (Å²) >= 11 is 0. The quantitative estimate of drug-likeness (QED) is 0.729. The number of hydrogen-bond donors (Lipinski definition) is 1. The predicted octanol–water partition coefficient (Wildman–Crippen LogP) is 2.63. The minimum atomic E-state index is 0.803. The molecular formula is C13H11N3O. The maximum Gasteiger partial charge on any atom is 0.129 e. The third kappa shape index (κ3) is 1.54. The topological polar surface area (TPSA) is 50.8 Å². The number of nitrogens with one attached hydrogen (secondary N) is 1. The molecule has 0 spiro atoms. The van der Waals surface area contributed by atoms with Crippen LogP contribution >= 0.6 is 0 Å². The SMILES string of the molecule is COc1ccc2n[nH]nc2c1-c1ccccc1. The number of nitrogens with zero attached hydrogens (tertiary/aromatic N) is 2. The zero-order valence-corrected chi connectivity index (χ0v) is 9.34. The number of aromatic nitrogens is 3. The van der Waals surface area contributed by atoms with Crippen molar-refractivity contribution in [1.29, 1.82) is 0 Å². The van der Waals surface area contributed by atoms with Gasteiger partial charge in [-0.05, 0) is 17.7 Å². The van der Waals surface area contributed by atoms with E-state index in [9.17, 15) is 0 Å². The van der Waals surface area contributed by atoms with Crippen molar-refractivity contribution < 1.29 is 4.74 Å². The fourth-order valence-electron chi connectivity index (χ4n) is 1.95. The average molecular weight is 225 g/mol. The fourth-order valence-corrected chi connectivity index (χ4v) is 1.95. The predicted molar refractivity (Wildman–Crippen MR) is 65.9 cm³/mol. The lowest BCUT2D eigenvalue weighted by Crippen LogP contribution is -1.89. The van der Waals surface area contributed by atoms with Gasteiger partial charge >= 0.3 is 0 Å². The molecule has 0 aliphatic heterocycles. The number of ether oxygens (including phenoxy) is 1. The van der Waals surface area contributed by atoms with Crippen LogP contribution in [0.3, 0.4) is 0 Å². The minimum absolute atomic E-state index is 0.803. The molecule has 0 atom stereocenters. The molecule has 1 heterocycles. The van der Waals surface area contributed by atoms with Crippen molar-refractivity contribution in [3.8, 4) is 16.9 Å². The van der Waals surface area contributed by atoms with E-state index in [0.29, 0.717) is 0 Å². The molecule has 0 aliphatic rings. The van der Waals surface area contributed by atoms with Crippen LogP contribution in [-0.4, -0.2) is 22.5 Å². The second-order valence-corrected chi connectivity index (χ2v) is 3.70. The van der Waals surface area contributed by atoms with Crippen LogP contribution in [0.25, 0.3) is 22.2 Å². The van der Waals surface area contributed by atoms with Crippen molar-refractivity contribution >= 4 is 11.0 Å². The van der Waals surface area contributed by atoms with Crippen molar-refractivity contribution in [2.75, 3.05) is 7.11 Å². The van der Waals surface area contributed by atoms with Gasteiger partial charge in [-0.15, -0.1) is 0 Å². The van der Waals surface area contributed by atoms with Crippen LogP contribution in [0.15, 0.2) is 42.5 Å². The molecule has 84 valence electrons. The van der Waals surface area contributed by atoms with E-state index in [1.54, 1.807) is 7.11 Å². The van der Waals surface area contributed by atoms with Crippen molar-refractivity contribution in [1.82, 2.24) is 15.4 Å². The van der Waals surface area contributed by atoms with Gasteiger partial charge in [-0.1, -0.05) is 30.3 Å². The molecule has 3 rings (SSSR count). The van der Waals surface area contributed by atoms with E-state index >= 15 is 0 Å². The molecule has 17 heavy (non-hydrogen) atoms. The van der Waals surface area contributed by atoms with Gasteiger partial charge in [0.1, 0.15) is 16.8 Å². The first-order valence-corrected chi connectivity index (χ1v) is 5.33. The van der Waals surface area contributed by atoms with Gasteiger partial charge in [0, 0.05) is 0 Å². The van der Waals surface area contributed by atoms with Gasteiger partial charge in [-0.3, -0.25) is 0 Å². The summed E-state index contributed by atoms with van der Waals surface area (Å²) in [5, 5.41) is 10.9. The van der Waals surface area contributed by atoms with Gasteiger partial charge in [0.25, 0.3) is 0 Å². The monoisotopic (exact) mass is 225 g/mol. The standard InChI is InChI=1S/C13H11N3O/c1-17-11-8-7-10-13(15-16-14-10)12(11)9-5-3-2-4-6-9/h2-8H,1H3,(H,14,15,16). The number of H-pyrrole nitrogens is 1. The van der Waals surface area contributed by atoms with Crippen LogP contribution in [0.5, 0.6) is 5.75 Å². The lowest BCUT2D eigenvalue weighted by molar-refractivity contribution is 0.417. The Morgan fingerprint density at radius 3 is 2.59 bits per heavy atom. The Morgan fingerprint density at radius 1 is 1.00 bits per heavy atom. The molecule has 1 N–H and O–H groups in total. The van der Waals surface area contributed by atoms with Gasteiger partial charge in [0.05, 0.1) is 12.7 Å². The fraction of sp³-hybridized carbons (Fsp3) is 0.0769. The summed E-state index contributed by atoms with van der Waals surface area (Å²) in [4.78, 5) is 0. The Balaban J connectivity index is 2.36. The van der Waals surface area contributed by atoms with Crippen LogP contribution in [-0.2, 0) is 0 Å². The average Bonchev–Trinajstić information content (AvgIpc) is 2.86. The highest BCUT2D eigenvalue weighted by Crippen LogP contribution is 2.34. The van der Waals surface area contributed by atoms with E-state index in [4.69, 9.17) is 4.74 Å².